The third kappa shape index (κ3) is 4.07. The predicted molar refractivity (Wildman–Crippen MR) is 53.5 cm³/mol. The van der Waals surface area contributed by atoms with E-state index in [1.54, 1.807) is 0 Å². The van der Waals surface area contributed by atoms with E-state index in [0.717, 1.165) is 0 Å². The molecular formula is C10H22N2. The Labute approximate surface area is 76.5 Å². The number of hydrogen-bond acceptors (Lipinski definition) is 2. The Morgan fingerprint density at radius 2 is 1.00 bits per heavy atom. The van der Waals surface area contributed by atoms with E-state index in [2.05, 4.69) is 23.9 Å². The lowest BCUT2D eigenvalue weighted by atomic mass is 10.1. The number of hydrogen-bond donors (Lipinski definition) is 0. The zero-order valence-corrected chi connectivity index (χ0v) is 8.55. The zero-order chi connectivity index (χ0) is 8.81. The topological polar surface area (TPSA) is 6.48 Å². The van der Waals surface area contributed by atoms with Crippen LogP contribution in [0.25, 0.3) is 0 Å². The second kappa shape index (κ2) is 5.55. The van der Waals surface area contributed by atoms with Crippen LogP contribution in [0.2, 0.25) is 0 Å². The summed E-state index contributed by atoms with van der Waals surface area (Å²) in [4.78, 5) is 4.89. The maximum Gasteiger partial charge on any atom is 0.0106 e. The van der Waals surface area contributed by atoms with Crippen molar-refractivity contribution in [3.63, 3.8) is 0 Å². The smallest absolute Gasteiger partial charge is 0.0106 e. The lowest BCUT2D eigenvalue weighted by Crippen LogP contribution is -2.32. The van der Waals surface area contributed by atoms with Crippen LogP contribution < -0.4 is 0 Å². The van der Waals surface area contributed by atoms with Crippen LogP contribution in [-0.2, 0) is 0 Å². The van der Waals surface area contributed by atoms with Gasteiger partial charge in [0.25, 0.3) is 0 Å². The minimum Gasteiger partial charge on any atom is -0.305 e. The fourth-order valence-corrected chi connectivity index (χ4v) is 1.68. The van der Waals surface area contributed by atoms with Gasteiger partial charge in [0.15, 0.2) is 0 Å². The van der Waals surface area contributed by atoms with Gasteiger partial charge < -0.3 is 9.80 Å². The molecule has 0 N–H and O–H groups in total. The molecule has 1 fully saturated rings. The summed E-state index contributed by atoms with van der Waals surface area (Å²) in [5.74, 6) is 0. The van der Waals surface area contributed by atoms with E-state index in [1.165, 1.54) is 51.9 Å². The van der Waals surface area contributed by atoms with Crippen molar-refractivity contribution in [2.45, 2.75) is 25.7 Å². The first kappa shape index (κ1) is 10.0. The molecule has 1 aliphatic rings. The SMILES string of the molecule is CN1CCCCCCN(C)CC1. The molecule has 0 unspecified atom stereocenters. The van der Waals surface area contributed by atoms with E-state index in [0.29, 0.717) is 0 Å². The first-order chi connectivity index (χ1) is 5.79. The monoisotopic (exact) mass is 170 g/mol. The van der Waals surface area contributed by atoms with Gasteiger partial charge in [-0.2, -0.15) is 0 Å². The van der Waals surface area contributed by atoms with Crippen molar-refractivity contribution in [3.05, 3.63) is 0 Å². The Morgan fingerprint density at radius 1 is 0.583 bits per heavy atom. The van der Waals surface area contributed by atoms with Crippen molar-refractivity contribution in [1.82, 2.24) is 9.80 Å². The van der Waals surface area contributed by atoms with E-state index < -0.39 is 0 Å². The second-order valence-electron chi connectivity index (χ2n) is 4.02. The summed E-state index contributed by atoms with van der Waals surface area (Å²) in [6, 6.07) is 0. The summed E-state index contributed by atoms with van der Waals surface area (Å²) in [7, 11) is 4.46. The Kier molecular flexibility index (Phi) is 4.62. The van der Waals surface area contributed by atoms with Gasteiger partial charge in [0.05, 0.1) is 0 Å². The molecular weight excluding hydrogens is 148 g/mol. The molecule has 2 nitrogen and oxygen atoms in total. The van der Waals surface area contributed by atoms with Gasteiger partial charge in [0.1, 0.15) is 0 Å². The molecule has 0 bridgehead atoms. The average molecular weight is 170 g/mol. The van der Waals surface area contributed by atoms with Gasteiger partial charge in [-0.15, -0.1) is 0 Å². The van der Waals surface area contributed by atoms with E-state index >= 15 is 0 Å². The Hall–Kier alpha value is -0.0800. The van der Waals surface area contributed by atoms with Gasteiger partial charge in [0.2, 0.25) is 0 Å². The molecule has 12 heavy (non-hydrogen) atoms. The van der Waals surface area contributed by atoms with Gasteiger partial charge in [-0.1, -0.05) is 12.8 Å². The molecule has 1 saturated heterocycles. The molecule has 0 radical (unpaired) electrons. The van der Waals surface area contributed by atoms with Crippen LogP contribution in [0.15, 0.2) is 0 Å². The molecule has 1 heterocycles. The molecule has 0 atom stereocenters. The maximum atomic E-state index is 2.45. The Morgan fingerprint density at radius 3 is 1.42 bits per heavy atom. The summed E-state index contributed by atoms with van der Waals surface area (Å²) in [6.45, 7) is 5.04. The molecule has 0 aliphatic carbocycles. The molecule has 0 saturated carbocycles. The van der Waals surface area contributed by atoms with Crippen molar-refractivity contribution in [2.24, 2.45) is 0 Å². The number of nitrogens with zero attached hydrogens (tertiary/aromatic N) is 2. The van der Waals surface area contributed by atoms with Crippen LogP contribution in [-0.4, -0.2) is 50.1 Å². The van der Waals surface area contributed by atoms with Crippen LogP contribution in [0, 0.1) is 0 Å². The summed E-state index contributed by atoms with van der Waals surface area (Å²) in [5.41, 5.74) is 0. The normalized spacial score (nSPS) is 25.5. The van der Waals surface area contributed by atoms with Gasteiger partial charge in [-0.05, 0) is 40.0 Å². The molecule has 0 aromatic rings. The first-order valence-corrected chi connectivity index (χ1v) is 5.16. The minimum absolute atomic E-state index is 1.23. The molecule has 1 aliphatic heterocycles. The molecule has 0 spiro atoms. The predicted octanol–water partition coefficient (Wildman–Crippen LogP) is 1.42. The molecule has 0 amide bonds. The van der Waals surface area contributed by atoms with Crippen molar-refractivity contribution >= 4 is 0 Å². The summed E-state index contributed by atoms with van der Waals surface area (Å²) in [6.07, 6.45) is 5.61. The Balaban J connectivity index is 2.23. The van der Waals surface area contributed by atoms with Crippen molar-refractivity contribution in [1.29, 1.82) is 0 Å². The van der Waals surface area contributed by atoms with Crippen LogP contribution in [0.4, 0.5) is 0 Å². The van der Waals surface area contributed by atoms with Crippen LogP contribution in [0.1, 0.15) is 25.7 Å². The van der Waals surface area contributed by atoms with Gasteiger partial charge in [-0.3, -0.25) is 0 Å². The third-order valence-electron chi connectivity index (χ3n) is 2.69. The summed E-state index contributed by atoms with van der Waals surface area (Å²) >= 11 is 0. The first-order valence-electron chi connectivity index (χ1n) is 5.16. The van der Waals surface area contributed by atoms with Crippen molar-refractivity contribution in [3.8, 4) is 0 Å². The highest BCUT2D eigenvalue weighted by atomic mass is 15.2. The minimum atomic E-state index is 1.23. The van der Waals surface area contributed by atoms with Crippen LogP contribution >= 0.6 is 0 Å². The van der Waals surface area contributed by atoms with Crippen molar-refractivity contribution in [2.75, 3.05) is 40.3 Å². The molecule has 0 aromatic heterocycles. The van der Waals surface area contributed by atoms with Crippen molar-refractivity contribution < 1.29 is 0 Å². The largest absolute Gasteiger partial charge is 0.305 e. The third-order valence-corrected chi connectivity index (χ3v) is 2.69. The maximum absolute atomic E-state index is 2.45. The standard InChI is InChI=1S/C10H22N2/c1-11-7-5-3-4-6-8-12(2)10-9-11/h3-10H2,1-2H3. The Bertz CT molecular complexity index is 100. The number of likely N-dealkylation sites (N-methyl/N-ethyl adjacent to an activating group) is 2. The summed E-state index contributed by atoms with van der Waals surface area (Å²) < 4.78 is 0. The molecule has 0 aromatic carbocycles. The fourth-order valence-electron chi connectivity index (χ4n) is 1.68. The highest BCUT2D eigenvalue weighted by molar-refractivity contribution is 4.60. The van der Waals surface area contributed by atoms with E-state index in [-0.39, 0.29) is 0 Å². The molecule has 2 heteroatoms. The van der Waals surface area contributed by atoms with E-state index in [1.807, 2.05) is 0 Å². The molecule has 72 valence electrons. The summed E-state index contributed by atoms with van der Waals surface area (Å²) in [5, 5.41) is 0. The highest BCUT2D eigenvalue weighted by Crippen LogP contribution is 2.04. The average Bonchev–Trinajstić information content (AvgIpc) is 2.07. The second-order valence-corrected chi connectivity index (χ2v) is 4.02. The number of rotatable bonds is 0. The lowest BCUT2D eigenvalue weighted by molar-refractivity contribution is 0.239. The van der Waals surface area contributed by atoms with Crippen LogP contribution in [0.5, 0.6) is 0 Å². The quantitative estimate of drug-likeness (QED) is 0.542. The highest BCUT2D eigenvalue weighted by Gasteiger charge is 2.04. The van der Waals surface area contributed by atoms with Crippen LogP contribution in [0.3, 0.4) is 0 Å². The van der Waals surface area contributed by atoms with E-state index in [9.17, 15) is 0 Å². The zero-order valence-electron chi connectivity index (χ0n) is 8.55. The van der Waals surface area contributed by atoms with Gasteiger partial charge >= 0.3 is 0 Å². The lowest BCUT2D eigenvalue weighted by Gasteiger charge is -2.23. The molecule has 1 rings (SSSR count). The van der Waals surface area contributed by atoms with Gasteiger partial charge in [-0.25, -0.2) is 0 Å². The van der Waals surface area contributed by atoms with Gasteiger partial charge in [0, 0.05) is 13.1 Å². The fraction of sp³-hybridized carbons (Fsp3) is 1.00. The van der Waals surface area contributed by atoms with E-state index in [4.69, 9.17) is 0 Å².